The Morgan fingerprint density at radius 2 is 1.87 bits per heavy atom. The maximum absolute atomic E-state index is 13.6. The van der Waals surface area contributed by atoms with Crippen molar-refractivity contribution in [3.8, 4) is 0 Å². The second-order valence-corrected chi connectivity index (χ2v) is 8.05. The number of carbonyl (C=O) groups excluding carboxylic acids is 2. The summed E-state index contributed by atoms with van der Waals surface area (Å²) in [4.78, 5) is 32.6. The number of amides is 2. The molecule has 160 valence electrons. The van der Waals surface area contributed by atoms with Gasteiger partial charge in [-0.05, 0) is 60.8 Å². The summed E-state index contributed by atoms with van der Waals surface area (Å²) in [6.07, 6.45) is 6.66. The summed E-state index contributed by atoms with van der Waals surface area (Å²) < 4.78 is 17.4. The highest BCUT2D eigenvalue weighted by atomic mass is 32.1. The van der Waals surface area contributed by atoms with E-state index in [0.717, 1.165) is 43.6 Å². The van der Waals surface area contributed by atoms with Crippen LogP contribution in [0.2, 0.25) is 0 Å². The number of benzene rings is 1. The quantitative estimate of drug-likeness (QED) is 0.629. The SMILES string of the molecule is O=C(NC1CCCCC1)C(c1ccccn1)N(C(=O)c1csnn1)c1ccc(F)cc1. The van der Waals surface area contributed by atoms with Crippen LogP contribution in [0.15, 0.2) is 54.0 Å². The Bertz CT molecular complexity index is 1010. The van der Waals surface area contributed by atoms with Crippen molar-refractivity contribution >= 4 is 29.0 Å². The molecule has 1 unspecified atom stereocenters. The molecule has 4 rings (SSSR count). The third-order valence-corrected chi connectivity index (χ3v) is 5.83. The van der Waals surface area contributed by atoms with Crippen molar-refractivity contribution in [2.45, 2.75) is 44.2 Å². The second-order valence-electron chi connectivity index (χ2n) is 7.44. The summed E-state index contributed by atoms with van der Waals surface area (Å²) in [5, 5.41) is 8.50. The fourth-order valence-electron chi connectivity index (χ4n) is 3.82. The van der Waals surface area contributed by atoms with Gasteiger partial charge in [-0.1, -0.05) is 29.8 Å². The molecule has 9 heteroatoms. The van der Waals surface area contributed by atoms with Crippen molar-refractivity contribution in [3.05, 3.63) is 71.2 Å². The molecule has 1 saturated carbocycles. The van der Waals surface area contributed by atoms with Crippen molar-refractivity contribution < 1.29 is 14.0 Å². The molecule has 0 spiro atoms. The van der Waals surface area contributed by atoms with Crippen molar-refractivity contribution in [3.63, 3.8) is 0 Å². The lowest BCUT2D eigenvalue weighted by Crippen LogP contribution is -2.47. The minimum atomic E-state index is -1.04. The maximum atomic E-state index is 13.6. The molecule has 0 bridgehead atoms. The molecule has 0 radical (unpaired) electrons. The van der Waals surface area contributed by atoms with Gasteiger partial charge in [0.15, 0.2) is 11.7 Å². The highest BCUT2D eigenvalue weighted by Crippen LogP contribution is 2.29. The number of hydrogen-bond acceptors (Lipinski definition) is 6. The van der Waals surface area contributed by atoms with Gasteiger partial charge in [-0.2, -0.15) is 0 Å². The topological polar surface area (TPSA) is 88.1 Å². The zero-order valence-corrected chi connectivity index (χ0v) is 17.6. The molecule has 0 saturated heterocycles. The molecule has 0 aliphatic heterocycles. The number of halogens is 1. The summed E-state index contributed by atoms with van der Waals surface area (Å²) in [6, 6.07) is 9.67. The first-order valence-electron chi connectivity index (χ1n) is 10.2. The lowest BCUT2D eigenvalue weighted by molar-refractivity contribution is -0.123. The van der Waals surface area contributed by atoms with Gasteiger partial charge in [0.25, 0.3) is 5.91 Å². The molecular formula is C22H22FN5O2S. The summed E-state index contributed by atoms with van der Waals surface area (Å²) in [5.74, 6) is -1.27. The molecule has 2 heterocycles. The van der Waals surface area contributed by atoms with Crippen molar-refractivity contribution in [2.75, 3.05) is 4.90 Å². The van der Waals surface area contributed by atoms with Crippen LogP contribution in [-0.2, 0) is 4.79 Å². The number of aromatic nitrogens is 3. The minimum absolute atomic E-state index is 0.0542. The van der Waals surface area contributed by atoms with E-state index in [1.165, 1.54) is 34.5 Å². The number of anilines is 1. The number of nitrogens with one attached hydrogen (secondary N) is 1. The van der Waals surface area contributed by atoms with Crippen LogP contribution in [0.5, 0.6) is 0 Å². The van der Waals surface area contributed by atoms with Gasteiger partial charge in [0.1, 0.15) is 5.82 Å². The van der Waals surface area contributed by atoms with E-state index in [9.17, 15) is 14.0 Å². The Morgan fingerprint density at radius 3 is 2.52 bits per heavy atom. The fraction of sp³-hybridized carbons (Fsp3) is 0.318. The molecule has 1 aliphatic carbocycles. The first kappa shape index (κ1) is 21.0. The monoisotopic (exact) mass is 439 g/mol. The Hall–Kier alpha value is -3.20. The zero-order chi connectivity index (χ0) is 21.6. The van der Waals surface area contributed by atoms with Gasteiger partial charge in [-0.25, -0.2) is 4.39 Å². The minimum Gasteiger partial charge on any atom is -0.351 e. The van der Waals surface area contributed by atoms with Crippen LogP contribution in [0, 0.1) is 5.82 Å². The highest BCUT2D eigenvalue weighted by Gasteiger charge is 2.36. The van der Waals surface area contributed by atoms with Crippen LogP contribution in [0.3, 0.4) is 0 Å². The number of nitrogens with zero attached hydrogens (tertiary/aromatic N) is 4. The van der Waals surface area contributed by atoms with E-state index in [1.807, 2.05) is 0 Å². The third-order valence-electron chi connectivity index (χ3n) is 5.33. The molecule has 3 aromatic rings. The van der Waals surface area contributed by atoms with Gasteiger partial charge >= 0.3 is 0 Å². The van der Waals surface area contributed by atoms with Crippen LogP contribution in [0.25, 0.3) is 0 Å². The van der Waals surface area contributed by atoms with E-state index in [4.69, 9.17) is 0 Å². The smallest absolute Gasteiger partial charge is 0.280 e. The van der Waals surface area contributed by atoms with Gasteiger partial charge in [0.2, 0.25) is 5.91 Å². The van der Waals surface area contributed by atoms with E-state index in [2.05, 4.69) is 19.9 Å². The molecule has 1 N–H and O–H groups in total. The van der Waals surface area contributed by atoms with Gasteiger partial charge in [-0.3, -0.25) is 19.5 Å². The predicted octanol–water partition coefficient (Wildman–Crippen LogP) is 3.91. The van der Waals surface area contributed by atoms with Crippen LogP contribution in [-0.4, -0.2) is 32.4 Å². The van der Waals surface area contributed by atoms with Crippen molar-refractivity contribution in [2.24, 2.45) is 0 Å². The van der Waals surface area contributed by atoms with Crippen molar-refractivity contribution in [1.82, 2.24) is 19.9 Å². The molecular weight excluding hydrogens is 417 g/mol. The van der Waals surface area contributed by atoms with E-state index in [0.29, 0.717) is 11.4 Å². The van der Waals surface area contributed by atoms with Crippen molar-refractivity contribution in [1.29, 1.82) is 0 Å². The normalized spacial score (nSPS) is 15.3. The van der Waals surface area contributed by atoms with Crippen LogP contribution < -0.4 is 10.2 Å². The first-order valence-corrected chi connectivity index (χ1v) is 11.0. The standard InChI is InChI=1S/C22H22FN5O2S/c23-15-9-11-17(12-10-15)28(22(30)19-14-31-27-26-19)20(18-8-4-5-13-24-18)21(29)25-16-6-2-1-3-7-16/h4-5,8-14,16,20H,1-3,6-7H2,(H,25,29). The first-order chi connectivity index (χ1) is 15.1. The molecule has 1 aliphatic rings. The van der Waals surface area contributed by atoms with Gasteiger partial charge < -0.3 is 5.32 Å². The lowest BCUT2D eigenvalue weighted by Gasteiger charge is -2.32. The number of carbonyl (C=O) groups is 2. The largest absolute Gasteiger partial charge is 0.351 e. The lowest BCUT2D eigenvalue weighted by atomic mass is 9.95. The third kappa shape index (κ3) is 4.93. The predicted molar refractivity (Wildman–Crippen MR) is 115 cm³/mol. The number of rotatable bonds is 6. The summed E-state index contributed by atoms with van der Waals surface area (Å²) in [7, 11) is 0. The summed E-state index contributed by atoms with van der Waals surface area (Å²) in [6.45, 7) is 0. The Morgan fingerprint density at radius 1 is 1.10 bits per heavy atom. The van der Waals surface area contributed by atoms with Crippen LogP contribution >= 0.6 is 11.5 Å². The molecule has 1 aromatic carbocycles. The Labute approximate surface area is 183 Å². The molecule has 2 amide bonds. The van der Waals surface area contributed by atoms with E-state index in [-0.39, 0.29) is 17.6 Å². The van der Waals surface area contributed by atoms with Gasteiger partial charge in [-0.15, -0.1) is 5.10 Å². The van der Waals surface area contributed by atoms with E-state index < -0.39 is 17.8 Å². The van der Waals surface area contributed by atoms with Gasteiger partial charge in [0.05, 0.1) is 5.69 Å². The molecule has 1 fully saturated rings. The molecule has 1 atom stereocenters. The molecule has 2 aromatic heterocycles. The van der Waals surface area contributed by atoms with Crippen LogP contribution in [0.4, 0.5) is 10.1 Å². The Kier molecular flexibility index (Phi) is 6.61. The Balaban J connectivity index is 1.76. The van der Waals surface area contributed by atoms with Gasteiger partial charge in [0, 0.05) is 23.3 Å². The molecule has 7 nitrogen and oxygen atoms in total. The number of pyridine rings is 1. The average molecular weight is 440 g/mol. The van der Waals surface area contributed by atoms with Crippen LogP contribution in [0.1, 0.15) is 54.3 Å². The fourth-order valence-corrected chi connectivity index (χ4v) is 4.25. The maximum Gasteiger partial charge on any atom is 0.280 e. The molecule has 31 heavy (non-hydrogen) atoms. The highest BCUT2D eigenvalue weighted by molar-refractivity contribution is 7.03. The number of hydrogen-bond donors (Lipinski definition) is 1. The second kappa shape index (κ2) is 9.74. The van der Waals surface area contributed by atoms with E-state index >= 15 is 0 Å². The average Bonchev–Trinajstić information content (AvgIpc) is 3.34. The summed E-state index contributed by atoms with van der Waals surface area (Å²) in [5.41, 5.74) is 0.895. The summed E-state index contributed by atoms with van der Waals surface area (Å²) >= 11 is 1.04. The zero-order valence-electron chi connectivity index (χ0n) is 16.8. The van der Waals surface area contributed by atoms with E-state index in [1.54, 1.807) is 24.4 Å².